The van der Waals surface area contributed by atoms with E-state index >= 15 is 0 Å². The minimum absolute atomic E-state index is 0.0195. The standard InChI is InChI=1S/C15H9ClF2N2O/c16-11-6-9(17)7-12(18)14(11)20-13(19)5-8-3-1-2-4-10(8)15(20)21/h1-7H,19H2. The summed E-state index contributed by atoms with van der Waals surface area (Å²) < 4.78 is 28.1. The van der Waals surface area contributed by atoms with Crippen LogP contribution in [0.4, 0.5) is 14.6 Å². The minimum Gasteiger partial charge on any atom is -0.385 e. The van der Waals surface area contributed by atoms with E-state index in [-0.39, 0.29) is 16.5 Å². The van der Waals surface area contributed by atoms with Crippen molar-refractivity contribution in [1.82, 2.24) is 4.57 Å². The van der Waals surface area contributed by atoms with Crippen LogP contribution in [0.3, 0.4) is 0 Å². The van der Waals surface area contributed by atoms with Gasteiger partial charge in [0.15, 0.2) is 5.82 Å². The highest BCUT2D eigenvalue weighted by Gasteiger charge is 2.17. The summed E-state index contributed by atoms with van der Waals surface area (Å²) in [7, 11) is 0. The number of rotatable bonds is 1. The number of pyridine rings is 1. The van der Waals surface area contributed by atoms with Gasteiger partial charge in [-0.05, 0) is 23.6 Å². The summed E-state index contributed by atoms with van der Waals surface area (Å²) >= 11 is 5.87. The monoisotopic (exact) mass is 306 g/mol. The average Bonchev–Trinajstić information content (AvgIpc) is 2.41. The molecule has 1 heterocycles. The van der Waals surface area contributed by atoms with Gasteiger partial charge in [0.2, 0.25) is 0 Å². The second kappa shape index (κ2) is 4.86. The Morgan fingerprint density at radius 3 is 2.52 bits per heavy atom. The van der Waals surface area contributed by atoms with Gasteiger partial charge in [-0.3, -0.25) is 9.36 Å². The number of nitrogens with two attached hydrogens (primary N) is 1. The van der Waals surface area contributed by atoms with Crippen LogP contribution in [-0.4, -0.2) is 4.57 Å². The molecular weight excluding hydrogens is 298 g/mol. The van der Waals surface area contributed by atoms with Gasteiger partial charge in [-0.2, -0.15) is 0 Å². The van der Waals surface area contributed by atoms with E-state index < -0.39 is 17.2 Å². The molecule has 21 heavy (non-hydrogen) atoms. The molecular formula is C15H9ClF2N2O. The summed E-state index contributed by atoms with van der Waals surface area (Å²) in [5.41, 5.74) is 5.07. The van der Waals surface area contributed by atoms with Gasteiger partial charge in [-0.15, -0.1) is 0 Å². The summed E-state index contributed by atoms with van der Waals surface area (Å²) in [5, 5.41) is 0.776. The van der Waals surface area contributed by atoms with Crippen molar-refractivity contribution in [3.63, 3.8) is 0 Å². The third-order valence-corrected chi connectivity index (χ3v) is 3.45. The Hall–Kier alpha value is -2.40. The second-order valence-corrected chi connectivity index (χ2v) is 4.92. The van der Waals surface area contributed by atoms with E-state index in [1.807, 2.05) is 0 Å². The summed E-state index contributed by atoms with van der Waals surface area (Å²) in [5.74, 6) is -1.76. The van der Waals surface area contributed by atoms with Crippen molar-refractivity contribution in [1.29, 1.82) is 0 Å². The number of anilines is 1. The number of halogens is 3. The summed E-state index contributed by atoms with van der Waals surface area (Å²) in [6.45, 7) is 0. The number of hydrogen-bond acceptors (Lipinski definition) is 2. The summed E-state index contributed by atoms with van der Waals surface area (Å²) in [6, 6.07) is 9.89. The molecule has 6 heteroatoms. The van der Waals surface area contributed by atoms with Gasteiger partial charge < -0.3 is 5.73 Å². The molecule has 3 aromatic rings. The third-order valence-electron chi connectivity index (χ3n) is 3.16. The lowest BCUT2D eigenvalue weighted by molar-refractivity contribution is 0.577. The Morgan fingerprint density at radius 1 is 1.10 bits per heavy atom. The van der Waals surface area contributed by atoms with Crippen LogP contribution in [0.5, 0.6) is 0 Å². The van der Waals surface area contributed by atoms with Crippen LogP contribution < -0.4 is 11.3 Å². The highest BCUT2D eigenvalue weighted by atomic mass is 35.5. The van der Waals surface area contributed by atoms with E-state index in [2.05, 4.69) is 0 Å². The zero-order valence-electron chi connectivity index (χ0n) is 10.6. The van der Waals surface area contributed by atoms with Gasteiger partial charge in [0.25, 0.3) is 5.56 Å². The Balaban J connectivity index is 2.44. The van der Waals surface area contributed by atoms with Gasteiger partial charge in [-0.1, -0.05) is 29.8 Å². The molecule has 0 radical (unpaired) electrons. The molecule has 0 aliphatic heterocycles. The number of hydrogen-bond donors (Lipinski definition) is 1. The van der Waals surface area contributed by atoms with Crippen molar-refractivity contribution in [3.8, 4) is 5.69 Å². The third kappa shape index (κ3) is 2.15. The van der Waals surface area contributed by atoms with E-state index in [1.54, 1.807) is 24.3 Å². The fraction of sp³-hybridized carbons (Fsp3) is 0. The first-order valence-electron chi connectivity index (χ1n) is 6.04. The maximum Gasteiger partial charge on any atom is 0.264 e. The van der Waals surface area contributed by atoms with E-state index in [4.69, 9.17) is 17.3 Å². The van der Waals surface area contributed by atoms with Crippen molar-refractivity contribution in [2.24, 2.45) is 0 Å². The molecule has 0 aliphatic carbocycles. The van der Waals surface area contributed by atoms with Gasteiger partial charge in [0, 0.05) is 11.5 Å². The summed E-state index contributed by atoms with van der Waals surface area (Å²) in [4.78, 5) is 12.5. The maximum absolute atomic E-state index is 14.0. The molecule has 0 spiro atoms. The zero-order chi connectivity index (χ0) is 15.1. The lowest BCUT2D eigenvalue weighted by Crippen LogP contribution is -2.22. The molecule has 0 aliphatic rings. The molecule has 0 saturated heterocycles. The Kier molecular flexibility index (Phi) is 3.14. The Morgan fingerprint density at radius 2 is 1.81 bits per heavy atom. The average molecular weight is 307 g/mol. The minimum atomic E-state index is -0.955. The quantitative estimate of drug-likeness (QED) is 0.748. The maximum atomic E-state index is 14.0. The summed E-state index contributed by atoms with van der Waals surface area (Å²) in [6.07, 6.45) is 0. The molecule has 0 atom stereocenters. The number of nitrogens with zero attached hydrogens (tertiary/aromatic N) is 1. The van der Waals surface area contributed by atoms with E-state index in [0.29, 0.717) is 16.8 Å². The lowest BCUT2D eigenvalue weighted by Gasteiger charge is -2.13. The first-order valence-corrected chi connectivity index (χ1v) is 6.42. The normalized spacial score (nSPS) is 11.0. The Labute approximate surface area is 123 Å². The van der Waals surface area contributed by atoms with Crippen LogP contribution in [0.15, 0.2) is 47.3 Å². The van der Waals surface area contributed by atoms with Crippen LogP contribution in [0.2, 0.25) is 5.02 Å². The van der Waals surface area contributed by atoms with Crippen LogP contribution in [0.25, 0.3) is 16.5 Å². The smallest absolute Gasteiger partial charge is 0.264 e. The molecule has 0 bridgehead atoms. The number of benzene rings is 2. The van der Waals surface area contributed by atoms with Crippen molar-refractivity contribution in [2.75, 3.05) is 5.73 Å². The highest BCUT2D eigenvalue weighted by molar-refractivity contribution is 6.32. The number of nitrogen functional groups attached to an aromatic ring is 1. The van der Waals surface area contributed by atoms with Crippen LogP contribution in [0.1, 0.15) is 0 Å². The Bertz CT molecular complexity index is 898. The highest BCUT2D eigenvalue weighted by Crippen LogP contribution is 2.27. The molecule has 3 nitrogen and oxygen atoms in total. The molecule has 2 N–H and O–H groups in total. The van der Waals surface area contributed by atoms with Gasteiger partial charge >= 0.3 is 0 Å². The first-order chi connectivity index (χ1) is 9.99. The fourth-order valence-electron chi connectivity index (χ4n) is 2.26. The van der Waals surface area contributed by atoms with Crippen molar-refractivity contribution >= 4 is 28.2 Å². The van der Waals surface area contributed by atoms with E-state index in [1.165, 1.54) is 6.07 Å². The van der Waals surface area contributed by atoms with E-state index in [9.17, 15) is 13.6 Å². The van der Waals surface area contributed by atoms with Crippen LogP contribution >= 0.6 is 11.6 Å². The molecule has 0 amide bonds. The molecule has 3 rings (SSSR count). The topological polar surface area (TPSA) is 48.0 Å². The molecule has 0 unspecified atom stereocenters. The molecule has 2 aromatic carbocycles. The number of fused-ring (bicyclic) bond motifs is 1. The number of aromatic nitrogens is 1. The lowest BCUT2D eigenvalue weighted by atomic mass is 10.1. The fourth-order valence-corrected chi connectivity index (χ4v) is 2.54. The van der Waals surface area contributed by atoms with Crippen molar-refractivity contribution in [2.45, 2.75) is 0 Å². The van der Waals surface area contributed by atoms with Gasteiger partial charge in [0.05, 0.1) is 5.02 Å². The largest absolute Gasteiger partial charge is 0.385 e. The van der Waals surface area contributed by atoms with Crippen LogP contribution in [0, 0.1) is 11.6 Å². The van der Waals surface area contributed by atoms with Gasteiger partial charge in [0.1, 0.15) is 17.3 Å². The molecule has 0 saturated carbocycles. The predicted molar refractivity (Wildman–Crippen MR) is 78.9 cm³/mol. The SMILES string of the molecule is Nc1cc2ccccc2c(=O)n1-c1c(F)cc(F)cc1Cl. The molecule has 0 fully saturated rings. The first kappa shape index (κ1) is 13.6. The second-order valence-electron chi connectivity index (χ2n) is 4.52. The van der Waals surface area contributed by atoms with E-state index in [0.717, 1.165) is 10.6 Å². The van der Waals surface area contributed by atoms with Crippen molar-refractivity contribution in [3.05, 3.63) is 69.5 Å². The van der Waals surface area contributed by atoms with Crippen molar-refractivity contribution < 1.29 is 8.78 Å². The van der Waals surface area contributed by atoms with Crippen LogP contribution in [-0.2, 0) is 0 Å². The van der Waals surface area contributed by atoms with Gasteiger partial charge in [-0.25, -0.2) is 8.78 Å². The molecule has 106 valence electrons. The predicted octanol–water partition coefficient (Wildman–Crippen LogP) is 3.50. The molecule has 1 aromatic heterocycles. The zero-order valence-corrected chi connectivity index (χ0v) is 11.4.